The minimum atomic E-state index is -0.262. The van der Waals surface area contributed by atoms with Crippen LogP contribution in [-0.2, 0) is 0 Å². The number of thiazole rings is 1. The third-order valence-electron chi connectivity index (χ3n) is 6.03. The van der Waals surface area contributed by atoms with Crippen molar-refractivity contribution in [2.75, 3.05) is 18.4 Å². The van der Waals surface area contributed by atoms with Crippen LogP contribution in [0.3, 0.4) is 0 Å². The Bertz CT molecular complexity index is 1170. The highest BCUT2D eigenvalue weighted by Gasteiger charge is 2.29. The van der Waals surface area contributed by atoms with Crippen LogP contribution in [0.25, 0.3) is 20.4 Å². The van der Waals surface area contributed by atoms with Gasteiger partial charge in [0, 0.05) is 28.4 Å². The third-order valence-corrected chi connectivity index (χ3v) is 8.00. The molecule has 5 rings (SSSR count). The maximum absolute atomic E-state index is 14.6. The lowest BCUT2D eigenvalue weighted by Gasteiger charge is -2.38. The van der Waals surface area contributed by atoms with Gasteiger partial charge in [-0.1, -0.05) is 6.92 Å². The number of anilines is 2. The molecule has 1 aromatic carbocycles. The van der Waals surface area contributed by atoms with Gasteiger partial charge in [0.15, 0.2) is 0 Å². The lowest BCUT2D eigenvalue weighted by Crippen LogP contribution is -2.41. The van der Waals surface area contributed by atoms with Gasteiger partial charge in [0.05, 0.1) is 27.1 Å². The average Bonchev–Trinajstić information content (AvgIpc) is 3.35. The van der Waals surface area contributed by atoms with Crippen molar-refractivity contribution in [1.82, 2.24) is 14.9 Å². The van der Waals surface area contributed by atoms with E-state index in [9.17, 15) is 4.39 Å². The fourth-order valence-corrected chi connectivity index (χ4v) is 6.35. The topological polar surface area (TPSA) is 41.0 Å². The molecular formula is C22H23FN4S2. The van der Waals surface area contributed by atoms with Crippen molar-refractivity contribution >= 4 is 54.5 Å². The molecule has 1 N–H and O–H groups in total. The number of likely N-dealkylation sites (tertiary alicyclic amines) is 1. The van der Waals surface area contributed by atoms with Crippen LogP contribution in [0.5, 0.6) is 0 Å². The fraction of sp³-hybridized carbons (Fsp3) is 0.364. The maximum atomic E-state index is 14.6. The molecule has 0 saturated carbocycles. The summed E-state index contributed by atoms with van der Waals surface area (Å²) in [7, 11) is 0. The number of hydrogen-bond acceptors (Lipinski definition) is 6. The van der Waals surface area contributed by atoms with Crippen LogP contribution in [0.15, 0.2) is 36.0 Å². The average molecular weight is 427 g/mol. The molecule has 7 heteroatoms. The van der Waals surface area contributed by atoms with Crippen molar-refractivity contribution in [2.24, 2.45) is 0 Å². The Labute approximate surface area is 177 Å². The summed E-state index contributed by atoms with van der Waals surface area (Å²) in [5.41, 5.74) is 3.90. The fourth-order valence-electron chi connectivity index (χ4n) is 4.41. The van der Waals surface area contributed by atoms with Crippen molar-refractivity contribution in [3.8, 4) is 0 Å². The summed E-state index contributed by atoms with van der Waals surface area (Å²) in [6, 6.07) is 8.04. The van der Waals surface area contributed by atoms with Gasteiger partial charge >= 0.3 is 0 Å². The molecule has 1 aliphatic heterocycles. The SMILES string of the molecule is CCN1CCCC(c2cc3c(Nc4cc5ncsc5cc4F)ccnc3s2)[C@H]1C. The molecule has 150 valence electrons. The first-order chi connectivity index (χ1) is 14.1. The molecule has 1 aliphatic rings. The van der Waals surface area contributed by atoms with E-state index in [-0.39, 0.29) is 5.82 Å². The number of fused-ring (bicyclic) bond motifs is 2. The van der Waals surface area contributed by atoms with E-state index in [1.807, 2.05) is 6.07 Å². The molecule has 0 aliphatic carbocycles. The number of rotatable bonds is 4. The number of piperidine rings is 1. The number of likely N-dealkylation sites (N-methyl/N-ethyl adjacent to an activating group) is 1. The number of aromatic nitrogens is 2. The van der Waals surface area contributed by atoms with Crippen molar-refractivity contribution in [3.05, 3.63) is 46.7 Å². The van der Waals surface area contributed by atoms with E-state index in [0.717, 1.165) is 32.7 Å². The Morgan fingerprint density at radius 1 is 1.24 bits per heavy atom. The Hall–Kier alpha value is -2.09. The molecule has 3 aromatic heterocycles. The molecule has 4 aromatic rings. The number of pyridine rings is 1. The van der Waals surface area contributed by atoms with E-state index in [1.54, 1.807) is 35.2 Å². The van der Waals surface area contributed by atoms with Gasteiger partial charge in [-0.2, -0.15) is 0 Å². The van der Waals surface area contributed by atoms with Gasteiger partial charge in [-0.3, -0.25) is 0 Å². The molecule has 0 bridgehead atoms. The molecule has 0 spiro atoms. The van der Waals surface area contributed by atoms with Crippen molar-refractivity contribution < 1.29 is 4.39 Å². The van der Waals surface area contributed by atoms with Crippen LogP contribution in [0.4, 0.5) is 15.8 Å². The van der Waals surface area contributed by atoms with Crippen LogP contribution >= 0.6 is 22.7 Å². The monoisotopic (exact) mass is 426 g/mol. The van der Waals surface area contributed by atoms with Crippen molar-refractivity contribution in [2.45, 2.75) is 38.6 Å². The molecule has 1 fully saturated rings. The maximum Gasteiger partial charge on any atom is 0.148 e. The summed E-state index contributed by atoms with van der Waals surface area (Å²) in [5, 5.41) is 4.35. The van der Waals surface area contributed by atoms with Crippen LogP contribution in [-0.4, -0.2) is 34.0 Å². The molecule has 4 heterocycles. The summed E-state index contributed by atoms with van der Waals surface area (Å²) in [6.45, 7) is 6.85. The van der Waals surface area contributed by atoms with Gasteiger partial charge in [-0.15, -0.1) is 22.7 Å². The van der Waals surface area contributed by atoms with Crippen LogP contribution in [0.2, 0.25) is 0 Å². The standard InChI is InChI=1S/C22H23FN4S2/c1-3-27-8-4-5-14(13(27)2)20-9-15-17(6-7-24-22(15)29-20)26-18-11-19-21(10-16(18)23)28-12-25-19/h6-7,9-14H,3-5,8H2,1-2H3,(H,24,26)/t13-,14?/m1/s1. The number of hydrogen-bond donors (Lipinski definition) is 1. The van der Waals surface area contributed by atoms with Gasteiger partial charge in [0.1, 0.15) is 10.6 Å². The molecule has 1 unspecified atom stereocenters. The first-order valence-electron chi connectivity index (χ1n) is 10.1. The number of nitrogens with zero attached hydrogens (tertiary/aromatic N) is 3. The summed E-state index contributed by atoms with van der Waals surface area (Å²) in [5.74, 6) is 0.264. The van der Waals surface area contributed by atoms with Crippen molar-refractivity contribution in [3.63, 3.8) is 0 Å². The minimum Gasteiger partial charge on any atom is -0.352 e. The second-order valence-electron chi connectivity index (χ2n) is 7.62. The van der Waals surface area contributed by atoms with Crippen LogP contribution in [0, 0.1) is 5.82 Å². The number of thiophene rings is 1. The molecule has 1 saturated heterocycles. The van der Waals surface area contributed by atoms with E-state index in [1.165, 1.54) is 35.6 Å². The van der Waals surface area contributed by atoms with Crippen LogP contribution < -0.4 is 5.32 Å². The lowest BCUT2D eigenvalue weighted by atomic mass is 9.89. The normalized spacial score (nSPS) is 20.5. The predicted octanol–water partition coefficient (Wildman–Crippen LogP) is 6.38. The Morgan fingerprint density at radius 2 is 2.14 bits per heavy atom. The van der Waals surface area contributed by atoms with E-state index >= 15 is 0 Å². The summed E-state index contributed by atoms with van der Waals surface area (Å²) in [4.78, 5) is 13.8. The number of nitrogens with one attached hydrogen (secondary N) is 1. The molecule has 0 radical (unpaired) electrons. The molecular weight excluding hydrogens is 403 g/mol. The minimum absolute atomic E-state index is 0.262. The Morgan fingerprint density at radius 3 is 3.00 bits per heavy atom. The number of halogens is 1. The summed E-state index contributed by atoms with van der Waals surface area (Å²) >= 11 is 3.22. The quantitative estimate of drug-likeness (QED) is 0.411. The smallest absolute Gasteiger partial charge is 0.148 e. The zero-order valence-electron chi connectivity index (χ0n) is 16.5. The van der Waals surface area contributed by atoms with Gasteiger partial charge in [-0.25, -0.2) is 14.4 Å². The number of benzene rings is 1. The van der Waals surface area contributed by atoms with Gasteiger partial charge in [0.25, 0.3) is 0 Å². The van der Waals surface area contributed by atoms with Gasteiger partial charge < -0.3 is 10.2 Å². The van der Waals surface area contributed by atoms with Gasteiger partial charge in [0.2, 0.25) is 0 Å². The lowest BCUT2D eigenvalue weighted by molar-refractivity contribution is 0.148. The van der Waals surface area contributed by atoms with Gasteiger partial charge in [-0.05, 0) is 57.1 Å². The first kappa shape index (κ1) is 18.9. The predicted molar refractivity (Wildman–Crippen MR) is 121 cm³/mol. The van der Waals surface area contributed by atoms with E-state index < -0.39 is 0 Å². The highest BCUT2D eigenvalue weighted by atomic mass is 32.1. The highest BCUT2D eigenvalue weighted by Crippen LogP contribution is 2.40. The summed E-state index contributed by atoms with van der Waals surface area (Å²) in [6.07, 6.45) is 4.24. The highest BCUT2D eigenvalue weighted by molar-refractivity contribution is 7.18. The molecule has 0 amide bonds. The zero-order valence-corrected chi connectivity index (χ0v) is 18.1. The second-order valence-corrected chi connectivity index (χ2v) is 9.57. The molecule has 4 nitrogen and oxygen atoms in total. The summed E-state index contributed by atoms with van der Waals surface area (Å²) < 4.78 is 15.5. The third kappa shape index (κ3) is 3.41. The Kier molecular flexibility index (Phi) is 4.97. The van der Waals surface area contributed by atoms with Crippen molar-refractivity contribution in [1.29, 1.82) is 0 Å². The van der Waals surface area contributed by atoms with Crippen LogP contribution in [0.1, 0.15) is 37.5 Å². The molecule has 29 heavy (non-hydrogen) atoms. The van der Waals surface area contributed by atoms with E-state index in [0.29, 0.717) is 17.6 Å². The first-order valence-corrected chi connectivity index (χ1v) is 11.8. The van der Waals surface area contributed by atoms with E-state index in [4.69, 9.17) is 0 Å². The Balaban J connectivity index is 1.51. The molecule has 2 atom stereocenters. The van der Waals surface area contributed by atoms with E-state index in [2.05, 4.69) is 40.1 Å². The largest absolute Gasteiger partial charge is 0.352 e. The zero-order chi connectivity index (χ0) is 20.0. The second kappa shape index (κ2) is 7.63.